The molecule has 2 aliphatic heterocycles. The Bertz CT molecular complexity index is 1310. The molecule has 1 aromatic heterocycles. The van der Waals surface area contributed by atoms with Gasteiger partial charge in [-0.2, -0.15) is 10.2 Å². The molecule has 36 heavy (non-hydrogen) atoms. The first-order chi connectivity index (χ1) is 17.5. The highest BCUT2D eigenvalue weighted by Gasteiger charge is 2.35. The zero-order chi connectivity index (χ0) is 25.1. The molecule has 1 atom stereocenters. The van der Waals surface area contributed by atoms with Crippen molar-refractivity contribution in [3.8, 4) is 6.07 Å². The molecular weight excluding hydrogens is 456 g/mol. The summed E-state index contributed by atoms with van der Waals surface area (Å²) < 4.78 is 0. The summed E-state index contributed by atoms with van der Waals surface area (Å²) in [5.74, 6) is 0.803. The van der Waals surface area contributed by atoms with Gasteiger partial charge in [-0.3, -0.25) is 14.5 Å². The van der Waals surface area contributed by atoms with Crippen LogP contribution in [0.1, 0.15) is 42.7 Å². The number of primary amides is 1. The molecule has 2 amide bonds. The highest BCUT2D eigenvalue weighted by atomic mass is 16.2. The number of nitrogens with zero attached hydrogens (tertiary/aromatic N) is 6. The molecule has 3 heterocycles. The molecule has 182 valence electrons. The number of nitriles is 1. The Morgan fingerprint density at radius 3 is 2.58 bits per heavy atom. The Labute approximate surface area is 208 Å². The molecule has 10 heteroatoms. The number of aromatic nitrogens is 3. The van der Waals surface area contributed by atoms with Gasteiger partial charge in [0.25, 0.3) is 0 Å². The molecule has 3 aromatic rings. The molecule has 2 aliphatic rings. The lowest BCUT2D eigenvalue weighted by Gasteiger charge is -2.32. The first kappa shape index (κ1) is 23.2. The summed E-state index contributed by atoms with van der Waals surface area (Å²) >= 11 is 0. The summed E-state index contributed by atoms with van der Waals surface area (Å²) in [4.78, 5) is 41.0. The van der Waals surface area contributed by atoms with Gasteiger partial charge in [-0.05, 0) is 61.1 Å². The zero-order valence-electron chi connectivity index (χ0n) is 19.7. The summed E-state index contributed by atoms with van der Waals surface area (Å²) in [7, 11) is 0. The Balaban J connectivity index is 1.25. The first-order valence-corrected chi connectivity index (χ1v) is 11.9. The molecule has 5 rings (SSSR count). The minimum atomic E-state index is -0.635. The van der Waals surface area contributed by atoms with Crippen LogP contribution in [0.2, 0.25) is 0 Å². The van der Waals surface area contributed by atoms with E-state index in [4.69, 9.17) is 11.0 Å². The molecule has 2 aromatic carbocycles. The fourth-order valence-corrected chi connectivity index (χ4v) is 4.88. The number of amides is 2. The van der Waals surface area contributed by atoms with Crippen molar-refractivity contribution >= 4 is 35.1 Å². The molecule has 0 radical (unpaired) electrons. The number of nitrogens with one attached hydrogen (secondary N) is 1. The third-order valence-electron chi connectivity index (χ3n) is 6.77. The van der Waals surface area contributed by atoms with E-state index in [-0.39, 0.29) is 5.91 Å². The average Bonchev–Trinajstić information content (AvgIpc) is 3.31. The number of carbonyl (C=O) groups excluding carboxylic acids is 2. The molecule has 2 saturated heterocycles. The fourth-order valence-electron chi connectivity index (χ4n) is 4.88. The van der Waals surface area contributed by atoms with Gasteiger partial charge in [0, 0.05) is 30.9 Å². The zero-order valence-corrected chi connectivity index (χ0v) is 19.7. The third kappa shape index (κ3) is 4.81. The number of rotatable bonds is 6. The Morgan fingerprint density at radius 2 is 1.86 bits per heavy atom. The van der Waals surface area contributed by atoms with Crippen molar-refractivity contribution in [1.29, 1.82) is 5.26 Å². The van der Waals surface area contributed by atoms with E-state index in [0.29, 0.717) is 47.6 Å². The van der Waals surface area contributed by atoms with Crippen LogP contribution in [-0.4, -0.2) is 45.9 Å². The summed E-state index contributed by atoms with van der Waals surface area (Å²) in [5, 5.41) is 12.2. The summed E-state index contributed by atoms with van der Waals surface area (Å²) in [6.07, 6.45) is 4.13. The van der Waals surface area contributed by atoms with Gasteiger partial charge in [-0.1, -0.05) is 18.2 Å². The normalized spacial score (nSPS) is 18.2. The average molecular weight is 483 g/mol. The molecule has 10 nitrogen and oxygen atoms in total. The quantitative estimate of drug-likeness (QED) is 0.546. The van der Waals surface area contributed by atoms with Crippen LogP contribution in [0.15, 0.2) is 54.9 Å². The lowest BCUT2D eigenvalue weighted by Crippen LogP contribution is -2.42. The summed E-state index contributed by atoms with van der Waals surface area (Å²) in [5.41, 5.74) is 8.71. The molecule has 0 unspecified atom stereocenters. The molecule has 0 spiro atoms. The van der Waals surface area contributed by atoms with Crippen LogP contribution in [0, 0.1) is 11.3 Å². The highest BCUT2D eigenvalue weighted by molar-refractivity contribution is 6.03. The van der Waals surface area contributed by atoms with E-state index in [9.17, 15) is 9.59 Å². The van der Waals surface area contributed by atoms with Gasteiger partial charge < -0.3 is 16.0 Å². The number of benzene rings is 2. The maximum atomic E-state index is 12.4. The monoisotopic (exact) mass is 482 g/mol. The molecule has 0 aliphatic carbocycles. The van der Waals surface area contributed by atoms with Crippen LogP contribution in [0.4, 0.5) is 23.3 Å². The Kier molecular flexibility index (Phi) is 6.45. The topological polar surface area (TPSA) is 141 Å². The van der Waals surface area contributed by atoms with Crippen molar-refractivity contribution in [2.45, 2.75) is 37.6 Å². The Hall–Kier alpha value is -4.52. The van der Waals surface area contributed by atoms with Crippen LogP contribution < -0.4 is 20.9 Å². The smallest absolute Gasteiger partial charge is 0.240 e. The van der Waals surface area contributed by atoms with Crippen molar-refractivity contribution in [3.63, 3.8) is 0 Å². The SMILES string of the molecule is N#Cc1ccc(C2CCN(c3ncnc(Nc4cccc(N5C(=O)CC[C@H]5C(N)=O)c4)n3)CC2)cc1. The van der Waals surface area contributed by atoms with Crippen molar-refractivity contribution < 1.29 is 9.59 Å². The van der Waals surface area contributed by atoms with E-state index in [2.05, 4.69) is 31.2 Å². The van der Waals surface area contributed by atoms with Gasteiger partial charge in [0.1, 0.15) is 12.4 Å². The van der Waals surface area contributed by atoms with Gasteiger partial charge in [0.2, 0.25) is 23.7 Å². The van der Waals surface area contributed by atoms with E-state index in [1.165, 1.54) is 16.8 Å². The highest BCUT2D eigenvalue weighted by Crippen LogP contribution is 2.31. The molecular formula is C26H26N8O2. The van der Waals surface area contributed by atoms with Gasteiger partial charge in [-0.25, -0.2) is 9.97 Å². The summed E-state index contributed by atoms with van der Waals surface area (Å²) in [6, 6.07) is 16.6. The number of hydrogen-bond donors (Lipinski definition) is 2. The van der Waals surface area contributed by atoms with Crippen molar-refractivity contribution in [1.82, 2.24) is 15.0 Å². The van der Waals surface area contributed by atoms with Crippen LogP contribution >= 0.6 is 0 Å². The molecule has 0 saturated carbocycles. The maximum absolute atomic E-state index is 12.4. The predicted octanol–water partition coefficient (Wildman–Crippen LogP) is 2.85. The second kappa shape index (κ2) is 10.00. The van der Waals surface area contributed by atoms with E-state index >= 15 is 0 Å². The lowest BCUT2D eigenvalue weighted by molar-refractivity contribution is -0.121. The fraction of sp³-hybridized carbons (Fsp3) is 0.308. The molecule has 3 N–H and O–H groups in total. The largest absolute Gasteiger partial charge is 0.368 e. The maximum Gasteiger partial charge on any atom is 0.240 e. The number of piperidine rings is 1. The third-order valence-corrected chi connectivity index (χ3v) is 6.77. The van der Waals surface area contributed by atoms with E-state index in [1.807, 2.05) is 30.3 Å². The lowest BCUT2D eigenvalue weighted by atomic mass is 9.89. The van der Waals surface area contributed by atoms with Crippen molar-refractivity contribution in [3.05, 3.63) is 66.0 Å². The number of carbonyl (C=O) groups is 2. The van der Waals surface area contributed by atoms with Gasteiger partial charge >= 0.3 is 0 Å². The van der Waals surface area contributed by atoms with Crippen molar-refractivity contribution in [2.75, 3.05) is 28.2 Å². The predicted molar refractivity (Wildman–Crippen MR) is 135 cm³/mol. The standard InChI is InChI=1S/C26H26N8O2/c27-15-17-4-6-18(7-5-17)19-10-12-33(13-11-19)26-30-16-29-25(32-26)31-20-2-1-3-21(14-20)34-22(24(28)36)8-9-23(34)35/h1-7,14,16,19,22H,8-13H2,(H2,28,36)(H,29,30,31,32)/t22-/m0/s1. The van der Waals surface area contributed by atoms with Gasteiger partial charge in [0.15, 0.2) is 0 Å². The van der Waals surface area contributed by atoms with Crippen LogP contribution in [-0.2, 0) is 9.59 Å². The summed E-state index contributed by atoms with van der Waals surface area (Å²) in [6.45, 7) is 1.63. The van der Waals surface area contributed by atoms with Crippen LogP contribution in [0.5, 0.6) is 0 Å². The van der Waals surface area contributed by atoms with Crippen molar-refractivity contribution in [2.24, 2.45) is 5.73 Å². The van der Waals surface area contributed by atoms with Gasteiger partial charge in [0.05, 0.1) is 11.6 Å². The van der Waals surface area contributed by atoms with E-state index < -0.39 is 11.9 Å². The minimum Gasteiger partial charge on any atom is -0.368 e. The number of hydrogen-bond acceptors (Lipinski definition) is 8. The van der Waals surface area contributed by atoms with E-state index in [1.54, 1.807) is 18.2 Å². The Morgan fingerprint density at radius 1 is 1.08 bits per heavy atom. The second-order valence-corrected chi connectivity index (χ2v) is 9.00. The number of nitrogens with two attached hydrogens (primary N) is 1. The van der Waals surface area contributed by atoms with Crippen LogP contribution in [0.25, 0.3) is 0 Å². The second-order valence-electron chi connectivity index (χ2n) is 9.00. The van der Waals surface area contributed by atoms with Crippen LogP contribution in [0.3, 0.4) is 0 Å². The molecule has 2 fully saturated rings. The minimum absolute atomic E-state index is 0.122. The number of anilines is 4. The molecule has 0 bridgehead atoms. The van der Waals surface area contributed by atoms with Gasteiger partial charge in [-0.15, -0.1) is 0 Å². The van der Waals surface area contributed by atoms with E-state index in [0.717, 1.165) is 25.9 Å². The first-order valence-electron chi connectivity index (χ1n) is 11.9.